The smallest absolute Gasteiger partial charge is 0.351 e. The Hall–Kier alpha value is -5.75. The van der Waals surface area contributed by atoms with Gasteiger partial charge in [-0.2, -0.15) is 13.2 Å². The third kappa shape index (κ3) is 23.0. The van der Waals surface area contributed by atoms with Gasteiger partial charge in [0, 0.05) is 67.2 Å². The summed E-state index contributed by atoms with van der Waals surface area (Å²) >= 11 is 6.50. The molecule has 0 unspecified atom stereocenters. The van der Waals surface area contributed by atoms with Crippen molar-refractivity contribution in [3.05, 3.63) is 0 Å². The summed E-state index contributed by atoms with van der Waals surface area (Å²) in [6.45, 7) is 14.9. The number of hydrogen-bond donors (Lipinski definition) is 4. The first kappa shape index (κ1) is 79.7. The van der Waals surface area contributed by atoms with Gasteiger partial charge in [-0.25, -0.2) is 0 Å². The second kappa shape index (κ2) is 35.8. The van der Waals surface area contributed by atoms with Crippen molar-refractivity contribution in [2.75, 3.05) is 69.0 Å². The summed E-state index contributed by atoms with van der Waals surface area (Å²) in [5.41, 5.74) is -1.50. The lowest BCUT2D eigenvalue weighted by molar-refractivity contribution is -0.184. The zero-order valence-corrected chi connectivity index (χ0v) is 59.3. The molecular weight excluding hydrogens is 1230 g/mol. The van der Waals surface area contributed by atoms with Crippen LogP contribution >= 0.6 is 11.6 Å². The van der Waals surface area contributed by atoms with Crippen LogP contribution in [0.4, 0.5) is 13.2 Å². The van der Waals surface area contributed by atoms with Crippen LogP contribution in [-0.2, 0) is 52.7 Å². The SMILES string of the molecule is CC[C@H](C)[C@@H]1NC(=O)[C@H](CC(C)C)N(C)C(=O)C[C@@H](C)NC(=O)[C@H](CC(C)C)N(C)C(=O)C2(CCCC2)NC(=O)[C@H](CC(C)C)N(C)C(=O)[C@H](CCC2CCC(C(F)(F)F)CC2)NC(=O)CN(C)C(=O)[C@H](CC2CCC(Cl)CC2)N(C)C(=O)CN(C)C(=O)CN(C)C1=O. The highest BCUT2D eigenvalue weighted by molar-refractivity contribution is 6.20. The number of carbonyl (C=O) groups excluding carboxylic acids is 11. The minimum atomic E-state index is -4.35. The van der Waals surface area contributed by atoms with Gasteiger partial charge < -0.3 is 55.6 Å². The van der Waals surface area contributed by atoms with Gasteiger partial charge in [0.1, 0.15) is 41.8 Å². The fourth-order valence-corrected chi connectivity index (χ4v) is 13.9. The van der Waals surface area contributed by atoms with Gasteiger partial charge in [-0.15, -0.1) is 11.6 Å². The van der Waals surface area contributed by atoms with Crippen LogP contribution in [0, 0.1) is 41.4 Å². The summed E-state index contributed by atoms with van der Waals surface area (Å²) in [7, 11) is 10.0. The molecule has 1 heterocycles. The number of amides is 11. The fraction of sp³-hybridized carbons (Fsp3) is 0.836. The molecule has 0 aromatic heterocycles. The van der Waals surface area contributed by atoms with Crippen molar-refractivity contribution >= 4 is 76.6 Å². The van der Waals surface area contributed by atoms with Crippen molar-refractivity contribution in [1.82, 2.24) is 55.6 Å². The van der Waals surface area contributed by atoms with E-state index in [1.54, 1.807) is 13.8 Å². The van der Waals surface area contributed by atoms with Crippen molar-refractivity contribution in [2.45, 2.75) is 250 Å². The molecule has 8 atom stereocenters. The lowest BCUT2D eigenvalue weighted by Crippen LogP contribution is -2.64. The summed E-state index contributed by atoms with van der Waals surface area (Å²) < 4.78 is 41.4. The number of halogens is 4. The minimum Gasteiger partial charge on any atom is -0.351 e. The number of likely N-dealkylation sites (N-methyl/N-ethyl adjacent to an activating group) is 7. The molecule has 0 aromatic rings. The first-order chi connectivity index (χ1) is 43.3. The fourth-order valence-electron chi connectivity index (χ4n) is 13.7. The predicted molar refractivity (Wildman–Crippen MR) is 349 cm³/mol. The quantitative estimate of drug-likeness (QED) is 0.145. The van der Waals surface area contributed by atoms with Crippen LogP contribution in [0.15, 0.2) is 0 Å². The molecule has 0 aromatic carbocycles. The number of carbonyl (C=O) groups is 11. The Balaban J connectivity index is 1.83. The van der Waals surface area contributed by atoms with E-state index in [-0.39, 0.29) is 118 Å². The molecular formula is C67H113ClF3N11O11. The van der Waals surface area contributed by atoms with E-state index in [0.717, 1.165) is 14.7 Å². The zero-order valence-electron chi connectivity index (χ0n) is 58.6. The number of alkyl halides is 4. The zero-order chi connectivity index (χ0) is 70.1. The van der Waals surface area contributed by atoms with Crippen LogP contribution < -0.4 is 21.3 Å². The van der Waals surface area contributed by atoms with Crippen LogP contribution in [-0.4, -0.2) is 228 Å². The Labute approximate surface area is 556 Å². The minimum absolute atomic E-state index is 0.0209. The number of nitrogens with zero attached hydrogens (tertiary/aromatic N) is 7. The van der Waals surface area contributed by atoms with Crippen LogP contribution in [0.5, 0.6) is 0 Å². The van der Waals surface area contributed by atoms with Gasteiger partial charge in [-0.3, -0.25) is 52.7 Å². The molecule has 93 heavy (non-hydrogen) atoms. The van der Waals surface area contributed by atoms with E-state index in [1.165, 1.54) is 68.9 Å². The van der Waals surface area contributed by atoms with Gasteiger partial charge in [-0.1, -0.05) is 74.7 Å². The molecule has 4 N–H and O–H groups in total. The maximum Gasteiger partial charge on any atom is 0.391 e. The van der Waals surface area contributed by atoms with E-state index in [1.807, 2.05) is 48.5 Å². The maximum atomic E-state index is 15.2. The first-order valence-corrected chi connectivity index (χ1v) is 34.5. The highest BCUT2D eigenvalue weighted by atomic mass is 35.5. The van der Waals surface area contributed by atoms with Crippen molar-refractivity contribution in [3.8, 4) is 0 Å². The molecule has 11 amide bonds. The predicted octanol–water partition coefficient (Wildman–Crippen LogP) is 6.50. The van der Waals surface area contributed by atoms with E-state index < -0.39 is 150 Å². The summed E-state index contributed by atoms with van der Waals surface area (Å²) in [6, 6.07) is -7.75. The summed E-state index contributed by atoms with van der Waals surface area (Å²) in [6.07, 6.45) is 1.28. The van der Waals surface area contributed by atoms with E-state index in [0.29, 0.717) is 44.9 Å². The molecule has 1 aliphatic heterocycles. The van der Waals surface area contributed by atoms with E-state index >= 15 is 14.4 Å². The average Bonchev–Trinajstić information content (AvgIpc) is 1.78. The van der Waals surface area contributed by atoms with Crippen molar-refractivity contribution in [2.24, 2.45) is 41.4 Å². The molecule has 0 radical (unpaired) electrons. The van der Waals surface area contributed by atoms with Gasteiger partial charge in [-0.05, 0) is 145 Å². The van der Waals surface area contributed by atoms with Gasteiger partial charge in [0.2, 0.25) is 65.0 Å². The molecule has 22 nitrogen and oxygen atoms in total. The normalized spacial score (nSPS) is 29.3. The third-order valence-electron chi connectivity index (χ3n) is 19.9. The molecule has 530 valence electrons. The molecule has 1 saturated heterocycles. The van der Waals surface area contributed by atoms with Crippen molar-refractivity contribution < 1.29 is 65.9 Å². The molecule has 1 spiro atoms. The Morgan fingerprint density at radius 3 is 1.54 bits per heavy atom. The molecule has 0 bridgehead atoms. The molecule has 3 saturated carbocycles. The lowest BCUT2D eigenvalue weighted by Gasteiger charge is -2.39. The van der Waals surface area contributed by atoms with Crippen LogP contribution in [0.3, 0.4) is 0 Å². The number of rotatable bonds is 13. The van der Waals surface area contributed by atoms with Gasteiger partial charge in [0.05, 0.1) is 25.6 Å². The summed E-state index contributed by atoms with van der Waals surface area (Å²) in [4.78, 5) is 169. The van der Waals surface area contributed by atoms with E-state index in [2.05, 4.69) is 21.3 Å². The Morgan fingerprint density at radius 1 is 0.527 bits per heavy atom. The van der Waals surface area contributed by atoms with E-state index in [9.17, 15) is 51.5 Å². The molecule has 26 heteroatoms. The van der Waals surface area contributed by atoms with Crippen LogP contribution in [0.2, 0.25) is 0 Å². The number of hydrogen-bond acceptors (Lipinski definition) is 11. The molecule has 4 aliphatic rings. The molecule has 3 aliphatic carbocycles. The second-order valence-electron chi connectivity index (χ2n) is 29.0. The Morgan fingerprint density at radius 2 is 1.01 bits per heavy atom. The topological polar surface area (TPSA) is 259 Å². The standard InChI is InChI=1S/C67H113ClF3N11O11/c1-17-43(8)58-64(92)78(12)38-56(85)76(10)39-57(86)80(14)53(36-46-22-27-48(68)28-23-46)63(91)77(11)37-54(83)73-49(29-24-45-20-25-47(26-21-45)67(69,70)71)62(90)81(15)52(34-42(6)7)61(89)75-66(30-18-19-31-66)65(93)82(16)51(33-41(4)5)59(87)72-44(9)35-55(84)79(13)50(32-40(2)3)60(88)74-58/h40-53,58H,17-39H2,1-16H3,(H,72,87)(H,73,83)(H,74,88)(H,75,89)/t43-,44+,45?,46?,47?,48?,49-,50-,51-,52-,53-,58-/m0/s1. The molecule has 4 rings (SSSR count). The highest BCUT2D eigenvalue weighted by Gasteiger charge is 2.49. The highest BCUT2D eigenvalue weighted by Crippen LogP contribution is 2.41. The van der Waals surface area contributed by atoms with Crippen LogP contribution in [0.1, 0.15) is 191 Å². The molecule has 4 fully saturated rings. The van der Waals surface area contributed by atoms with Gasteiger partial charge in [0.15, 0.2) is 0 Å². The monoisotopic (exact) mass is 1340 g/mol. The third-order valence-corrected chi connectivity index (χ3v) is 20.4. The van der Waals surface area contributed by atoms with E-state index in [4.69, 9.17) is 11.6 Å². The first-order valence-electron chi connectivity index (χ1n) is 34.0. The van der Waals surface area contributed by atoms with Gasteiger partial charge >= 0.3 is 6.18 Å². The lowest BCUT2D eigenvalue weighted by atomic mass is 9.79. The van der Waals surface area contributed by atoms with Crippen LogP contribution in [0.25, 0.3) is 0 Å². The van der Waals surface area contributed by atoms with Crippen molar-refractivity contribution in [3.63, 3.8) is 0 Å². The average molecular weight is 1340 g/mol. The summed E-state index contributed by atoms with van der Waals surface area (Å²) in [5.74, 6) is -9.31. The Bertz CT molecular complexity index is 2570. The maximum absolute atomic E-state index is 15.2. The largest absolute Gasteiger partial charge is 0.391 e. The van der Waals surface area contributed by atoms with Crippen molar-refractivity contribution in [1.29, 1.82) is 0 Å². The second-order valence-corrected chi connectivity index (χ2v) is 29.7. The Kier molecular flexibility index (Phi) is 30.7. The number of nitrogens with one attached hydrogen (secondary N) is 4. The summed E-state index contributed by atoms with van der Waals surface area (Å²) in [5, 5.41) is 11.6. The van der Waals surface area contributed by atoms with Gasteiger partial charge in [0.25, 0.3) is 0 Å².